The number of aromatic nitrogens is 2. The van der Waals surface area contributed by atoms with Crippen molar-refractivity contribution < 1.29 is 14.6 Å². The van der Waals surface area contributed by atoms with Gasteiger partial charge in [0.15, 0.2) is 11.4 Å². The minimum Gasteiger partial charge on any atom is -0.478 e. The van der Waals surface area contributed by atoms with Gasteiger partial charge >= 0.3 is 5.97 Å². The van der Waals surface area contributed by atoms with Crippen LogP contribution in [0, 0.1) is 0 Å². The molecule has 0 unspecified atom stereocenters. The fraction of sp³-hybridized carbons (Fsp3) is 0.190. The summed E-state index contributed by atoms with van der Waals surface area (Å²) in [7, 11) is 1.54. The van der Waals surface area contributed by atoms with Crippen LogP contribution in [0.15, 0.2) is 59.5 Å². The number of aryl methyl sites for hydroxylation is 1. The molecule has 0 amide bonds. The maximum Gasteiger partial charge on any atom is 0.335 e. The van der Waals surface area contributed by atoms with Crippen molar-refractivity contribution in [2.75, 3.05) is 5.32 Å². The summed E-state index contributed by atoms with van der Waals surface area (Å²) in [5.74, 6) is 0.261. The zero-order valence-corrected chi connectivity index (χ0v) is 15.8. The van der Waals surface area contributed by atoms with Crippen molar-refractivity contribution in [3.8, 4) is 11.5 Å². The lowest BCUT2D eigenvalue weighted by Gasteiger charge is -2.14. The van der Waals surface area contributed by atoms with Gasteiger partial charge in [0, 0.05) is 12.7 Å². The highest BCUT2D eigenvalue weighted by atomic mass is 16.5. The Labute approximate surface area is 162 Å². The molecule has 2 N–H and O–H groups in total. The summed E-state index contributed by atoms with van der Waals surface area (Å²) >= 11 is 0. The zero-order chi connectivity index (χ0) is 20.3. The van der Waals surface area contributed by atoms with Gasteiger partial charge in [0.25, 0.3) is 5.56 Å². The van der Waals surface area contributed by atoms with Crippen molar-refractivity contribution in [2.45, 2.75) is 19.8 Å². The van der Waals surface area contributed by atoms with Crippen molar-refractivity contribution in [1.29, 1.82) is 0 Å². The molecular weight excluding hydrogens is 358 g/mol. The lowest BCUT2D eigenvalue weighted by atomic mass is 10.0. The van der Waals surface area contributed by atoms with Gasteiger partial charge < -0.3 is 15.2 Å². The van der Waals surface area contributed by atoms with Crippen molar-refractivity contribution in [1.82, 2.24) is 9.78 Å². The number of nitrogens with zero attached hydrogens (tertiary/aromatic N) is 2. The van der Waals surface area contributed by atoms with Crippen LogP contribution in [0.25, 0.3) is 0 Å². The first-order chi connectivity index (χ1) is 13.3. The first-order valence-electron chi connectivity index (χ1n) is 8.79. The van der Waals surface area contributed by atoms with Gasteiger partial charge in [0.2, 0.25) is 0 Å². The van der Waals surface area contributed by atoms with Gasteiger partial charge in [-0.1, -0.05) is 26.0 Å². The van der Waals surface area contributed by atoms with Crippen LogP contribution < -0.4 is 15.6 Å². The van der Waals surface area contributed by atoms with Crippen LogP contribution in [0.3, 0.4) is 0 Å². The van der Waals surface area contributed by atoms with Crippen molar-refractivity contribution in [2.24, 2.45) is 7.05 Å². The Morgan fingerprint density at radius 2 is 1.75 bits per heavy atom. The molecule has 0 saturated heterocycles. The number of hydrogen-bond donors (Lipinski definition) is 2. The zero-order valence-electron chi connectivity index (χ0n) is 15.8. The maximum atomic E-state index is 12.6. The molecule has 0 spiro atoms. The van der Waals surface area contributed by atoms with Crippen LogP contribution in [0.2, 0.25) is 0 Å². The third kappa shape index (κ3) is 4.20. The van der Waals surface area contributed by atoms with Crippen molar-refractivity contribution >= 4 is 17.3 Å². The number of carboxylic acid groups (broad SMARTS) is 1. The van der Waals surface area contributed by atoms with E-state index < -0.39 is 5.97 Å². The average molecular weight is 379 g/mol. The number of anilines is 2. The highest BCUT2D eigenvalue weighted by molar-refractivity contribution is 5.88. The summed E-state index contributed by atoms with van der Waals surface area (Å²) in [6.07, 6.45) is 1.46. The summed E-state index contributed by atoms with van der Waals surface area (Å²) in [5.41, 5.74) is 1.77. The van der Waals surface area contributed by atoms with Crippen LogP contribution in [-0.4, -0.2) is 20.9 Å². The Bertz CT molecular complexity index is 1040. The Hall–Kier alpha value is -3.61. The highest BCUT2D eigenvalue weighted by Crippen LogP contribution is 2.29. The first kappa shape index (κ1) is 19.2. The monoisotopic (exact) mass is 379 g/mol. The predicted octanol–water partition coefficient (Wildman–Crippen LogP) is 4.14. The second kappa shape index (κ2) is 7.96. The van der Waals surface area contributed by atoms with Gasteiger partial charge in [-0.15, -0.1) is 0 Å². The van der Waals surface area contributed by atoms with Gasteiger partial charge in [0.05, 0.1) is 11.8 Å². The van der Waals surface area contributed by atoms with Gasteiger partial charge in [-0.2, -0.15) is 5.10 Å². The molecule has 0 saturated carbocycles. The molecular formula is C21H21N3O4. The Kier molecular flexibility index (Phi) is 5.44. The lowest BCUT2D eigenvalue weighted by molar-refractivity contribution is 0.0697. The molecule has 1 heterocycles. The van der Waals surface area contributed by atoms with Crippen LogP contribution >= 0.6 is 0 Å². The highest BCUT2D eigenvalue weighted by Gasteiger charge is 2.13. The number of carboxylic acids is 1. The van der Waals surface area contributed by atoms with E-state index in [1.54, 1.807) is 19.2 Å². The third-order valence-corrected chi connectivity index (χ3v) is 4.28. The van der Waals surface area contributed by atoms with Gasteiger partial charge in [-0.05, 0) is 47.9 Å². The standard InChI is InChI=1S/C21H21N3O4/c1-13(2)14-6-10-17(11-7-14)28-18-12-22-24(3)20(25)19(18)23-16-8-4-15(5-9-16)21(26)27/h4-13,23H,1-3H3,(H,26,27). The molecule has 2 aromatic carbocycles. The summed E-state index contributed by atoms with van der Waals surface area (Å²) in [6.45, 7) is 4.22. The molecule has 144 valence electrons. The van der Waals surface area contributed by atoms with Crippen molar-refractivity contribution in [3.63, 3.8) is 0 Å². The number of rotatable bonds is 6. The van der Waals surface area contributed by atoms with E-state index in [1.807, 2.05) is 24.3 Å². The second-order valence-corrected chi connectivity index (χ2v) is 6.65. The molecule has 0 bridgehead atoms. The molecule has 0 radical (unpaired) electrons. The normalized spacial score (nSPS) is 10.7. The minimum absolute atomic E-state index is 0.162. The number of benzene rings is 2. The van der Waals surface area contributed by atoms with E-state index in [9.17, 15) is 9.59 Å². The number of carbonyl (C=O) groups is 1. The minimum atomic E-state index is -1.01. The fourth-order valence-electron chi connectivity index (χ4n) is 2.60. The fourth-order valence-corrected chi connectivity index (χ4v) is 2.60. The van der Waals surface area contributed by atoms with E-state index in [2.05, 4.69) is 24.3 Å². The van der Waals surface area contributed by atoms with Gasteiger partial charge in [-0.3, -0.25) is 4.79 Å². The maximum absolute atomic E-state index is 12.6. The summed E-state index contributed by atoms with van der Waals surface area (Å²) in [5, 5.41) is 16.0. The average Bonchev–Trinajstić information content (AvgIpc) is 2.68. The van der Waals surface area contributed by atoms with Gasteiger partial charge in [-0.25, -0.2) is 9.48 Å². The Morgan fingerprint density at radius 1 is 1.11 bits per heavy atom. The lowest BCUT2D eigenvalue weighted by Crippen LogP contribution is -2.22. The van der Waals surface area contributed by atoms with E-state index >= 15 is 0 Å². The Balaban J connectivity index is 1.91. The molecule has 28 heavy (non-hydrogen) atoms. The summed E-state index contributed by atoms with van der Waals surface area (Å²) in [6, 6.07) is 13.7. The molecule has 3 aromatic rings. The topological polar surface area (TPSA) is 93.5 Å². The predicted molar refractivity (Wildman–Crippen MR) is 107 cm³/mol. The third-order valence-electron chi connectivity index (χ3n) is 4.28. The first-order valence-corrected chi connectivity index (χ1v) is 8.79. The van der Waals surface area contributed by atoms with E-state index in [-0.39, 0.29) is 22.6 Å². The molecule has 1 aromatic heterocycles. The molecule has 7 nitrogen and oxygen atoms in total. The van der Waals surface area contributed by atoms with E-state index in [4.69, 9.17) is 9.84 Å². The molecule has 7 heteroatoms. The molecule has 0 aliphatic heterocycles. The molecule has 0 aliphatic rings. The van der Waals surface area contributed by atoms with Crippen LogP contribution in [0.5, 0.6) is 11.5 Å². The van der Waals surface area contributed by atoms with E-state index in [0.717, 1.165) is 0 Å². The number of aromatic carboxylic acids is 1. The molecule has 0 aliphatic carbocycles. The second-order valence-electron chi connectivity index (χ2n) is 6.65. The smallest absolute Gasteiger partial charge is 0.335 e. The van der Waals surface area contributed by atoms with E-state index in [0.29, 0.717) is 17.4 Å². The van der Waals surface area contributed by atoms with Crippen molar-refractivity contribution in [3.05, 3.63) is 76.2 Å². The Morgan fingerprint density at radius 3 is 2.32 bits per heavy atom. The molecule has 0 fully saturated rings. The quantitative estimate of drug-likeness (QED) is 0.669. The largest absolute Gasteiger partial charge is 0.478 e. The van der Waals surface area contributed by atoms with Crippen LogP contribution in [0.1, 0.15) is 35.7 Å². The number of hydrogen-bond acceptors (Lipinski definition) is 5. The summed E-state index contributed by atoms with van der Waals surface area (Å²) < 4.78 is 7.08. The molecule has 3 rings (SSSR count). The van der Waals surface area contributed by atoms with Crippen LogP contribution in [-0.2, 0) is 7.05 Å². The van der Waals surface area contributed by atoms with Crippen LogP contribution in [0.4, 0.5) is 11.4 Å². The summed E-state index contributed by atoms with van der Waals surface area (Å²) in [4.78, 5) is 23.6. The molecule has 0 atom stereocenters. The van der Waals surface area contributed by atoms with E-state index in [1.165, 1.54) is 28.6 Å². The number of nitrogens with one attached hydrogen (secondary N) is 1. The number of ether oxygens (including phenoxy) is 1. The SMILES string of the molecule is CC(C)c1ccc(Oc2cnn(C)c(=O)c2Nc2ccc(C(=O)O)cc2)cc1. The van der Waals surface area contributed by atoms with Gasteiger partial charge in [0.1, 0.15) is 5.75 Å².